The predicted molar refractivity (Wildman–Crippen MR) is 136 cm³/mol. The van der Waals surface area contributed by atoms with Gasteiger partial charge < -0.3 is 20.5 Å². The van der Waals surface area contributed by atoms with Gasteiger partial charge in [-0.1, -0.05) is 23.4 Å². The molecule has 0 saturated carbocycles. The summed E-state index contributed by atoms with van der Waals surface area (Å²) in [5, 5.41) is 7.02. The first kappa shape index (κ1) is 27.6. The number of nitrogens with one attached hydrogen (secondary N) is 1. The van der Waals surface area contributed by atoms with Crippen LogP contribution in [-0.4, -0.2) is 60.8 Å². The zero-order chi connectivity index (χ0) is 25.0. The number of likely N-dealkylation sites (tertiary alicyclic amines) is 1. The number of nitrogens with zero attached hydrogens (tertiary/aromatic N) is 3. The van der Waals surface area contributed by atoms with Gasteiger partial charge in [-0.15, -0.1) is 12.4 Å². The number of nitrogens with two attached hydrogens (primary N) is 1. The maximum absolute atomic E-state index is 13.9. The van der Waals surface area contributed by atoms with Crippen LogP contribution >= 0.6 is 12.4 Å². The van der Waals surface area contributed by atoms with Gasteiger partial charge in [0.25, 0.3) is 0 Å². The fourth-order valence-corrected chi connectivity index (χ4v) is 4.79. The number of carbonyl (C=O) groups excluding carboxylic acids is 1. The van der Waals surface area contributed by atoms with Gasteiger partial charge in [0.05, 0.1) is 10.9 Å². The van der Waals surface area contributed by atoms with E-state index in [0.717, 1.165) is 19.1 Å². The number of anilines is 1. The van der Waals surface area contributed by atoms with Crippen molar-refractivity contribution in [2.24, 2.45) is 5.73 Å². The minimum absolute atomic E-state index is 0. The van der Waals surface area contributed by atoms with Crippen LogP contribution in [0.2, 0.25) is 0 Å². The van der Waals surface area contributed by atoms with Crippen LogP contribution in [0.1, 0.15) is 24.8 Å². The molecule has 194 valence electrons. The van der Waals surface area contributed by atoms with Crippen LogP contribution in [0.4, 0.5) is 10.4 Å². The monoisotopic (exact) mass is 537 g/mol. The number of benzene rings is 2. The normalized spacial score (nSPS) is 16.4. The zero-order valence-corrected chi connectivity index (χ0v) is 21.4. The van der Waals surface area contributed by atoms with E-state index in [1.165, 1.54) is 18.2 Å². The Hall–Kier alpha value is -3.02. The molecular weight excluding hydrogens is 509 g/mol. The van der Waals surface area contributed by atoms with Crippen molar-refractivity contribution in [1.82, 2.24) is 15.0 Å². The summed E-state index contributed by atoms with van der Waals surface area (Å²) in [6, 6.07) is 12.1. The molecule has 12 heteroatoms. The molecule has 36 heavy (non-hydrogen) atoms. The largest absolute Gasteiger partial charge is 0.337 e. The lowest BCUT2D eigenvalue weighted by atomic mass is 10.0. The molecule has 1 aliphatic heterocycles. The summed E-state index contributed by atoms with van der Waals surface area (Å²) in [6.45, 7) is 1.03. The van der Waals surface area contributed by atoms with Crippen LogP contribution in [0.15, 0.2) is 57.9 Å². The molecule has 2 heterocycles. The summed E-state index contributed by atoms with van der Waals surface area (Å²) in [7, 11) is -3.29. The molecule has 1 aromatic heterocycles. The average Bonchev–Trinajstić information content (AvgIpc) is 3.51. The second kappa shape index (κ2) is 11.8. The molecule has 0 spiro atoms. The number of hydrogen-bond acceptors (Lipinski definition) is 8. The van der Waals surface area contributed by atoms with E-state index in [2.05, 4.69) is 15.5 Å². The zero-order valence-electron chi connectivity index (χ0n) is 19.8. The standard InChI is InChI=1S/C24H28FN5O4S.ClH/c1-35(32,33)19-11-8-17(9-12-19)22-28-24(34-29-22)27-15-18-6-4-14-30(18)23(31)21(26)13-10-16-5-2-3-7-20(16)25;/h2-3,5,7-9,11-12,18,21H,4,6,10,13-15,26H2,1H3,(H,27,28,29);1H/t18-,21+;/m0./s1. The highest BCUT2D eigenvalue weighted by atomic mass is 35.5. The van der Waals surface area contributed by atoms with Gasteiger partial charge in [0, 0.05) is 31.0 Å². The fourth-order valence-electron chi connectivity index (χ4n) is 4.16. The van der Waals surface area contributed by atoms with Gasteiger partial charge in [-0.05, 0) is 61.6 Å². The van der Waals surface area contributed by atoms with Gasteiger partial charge in [-0.2, -0.15) is 4.98 Å². The van der Waals surface area contributed by atoms with Gasteiger partial charge in [0.15, 0.2) is 9.84 Å². The Morgan fingerprint density at radius 3 is 2.67 bits per heavy atom. The second-order valence-electron chi connectivity index (χ2n) is 8.66. The third kappa shape index (κ3) is 6.59. The third-order valence-electron chi connectivity index (χ3n) is 6.12. The third-order valence-corrected chi connectivity index (χ3v) is 7.24. The molecule has 2 aromatic carbocycles. The highest BCUT2D eigenvalue weighted by Gasteiger charge is 2.31. The van der Waals surface area contributed by atoms with Crippen molar-refractivity contribution < 1.29 is 22.1 Å². The number of hydrogen-bond donors (Lipinski definition) is 2. The van der Waals surface area contributed by atoms with Crippen molar-refractivity contribution >= 4 is 34.2 Å². The molecule has 1 aliphatic rings. The molecule has 1 amide bonds. The summed E-state index contributed by atoms with van der Waals surface area (Å²) in [5.41, 5.74) is 7.32. The Labute approximate surface area is 215 Å². The number of aryl methyl sites for hydroxylation is 1. The van der Waals surface area contributed by atoms with E-state index in [1.807, 2.05) is 0 Å². The van der Waals surface area contributed by atoms with Crippen molar-refractivity contribution in [2.75, 3.05) is 24.7 Å². The summed E-state index contributed by atoms with van der Waals surface area (Å²) in [5.74, 6) is -0.120. The van der Waals surface area contributed by atoms with E-state index in [0.29, 0.717) is 42.9 Å². The molecule has 3 aromatic rings. The highest BCUT2D eigenvalue weighted by molar-refractivity contribution is 7.90. The molecule has 2 atom stereocenters. The number of rotatable bonds is 9. The van der Waals surface area contributed by atoms with Crippen molar-refractivity contribution in [2.45, 2.75) is 42.7 Å². The molecule has 3 N–H and O–H groups in total. The minimum atomic E-state index is -3.29. The Balaban J connectivity index is 0.00000361. The molecule has 1 saturated heterocycles. The molecule has 1 fully saturated rings. The summed E-state index contributed by atoms with van der Waals surface area (Å²) in [6.07, 6.45) is 3.58. The number of halogens is 2. The van der Waals surface area contributed by atoms with Crippen molar-refractivity contribution in [3.8, 4) is 11.4 Å². The molecule has 0 aliphatic carbocycles. The van der Waals surface area contributed by atoms with E-state index < -0.39 is 15.9 Å². The average molecular weight is 538 g/mol. The quantitative estimate of drug-likeness (QED) is 0.425. The van der Waals surface area contributed by atoms with Gasteiger partial charge in [-0.3, -0.25) is 4.79 Å². The van der Waals surface area contributed by atoms with E-state index in [1.54, 1.807) is 35.2 Å². The van der Waals surface area contributed by atoms with Crippen LogP contribution < -0.4 is 11.1 Å². The molecular formula is C24H29ClFN5O4S. The van der Waals surface area contributed by atoms with E-state index >= 15 is 0 Å². The smallest absolute Gasteiger partial charge is 0.321 e. The Morgan fingerprint density at radius 1 is 1.25 bits per heavy atom. The Kier molecular flexibility index (Phi) is 9.04. The van der Waals surface area contributed by atoms with E-state index in [-0.39, 0.29) is 41.1 Å². The topological polar surface area (TPSA) is 131 Å². The second-order valence-corrected chi connectivity index (χ2v) is 10.7. The number of carbonyl (C=O) groups is 1. The van der Waals surface area contributed by atoms with Crippen molar-refractivity contribution in [1.29, 1.82) is 0 Å². The molecule has 9 nitrogen and oxygen atoms in total. The van der Waals surface area contributed by atoms with Crippen LogP contribution in [0, 0.1) is 5.82 Å². The summed E-state index contributed by atoms with van der Waals surface area (Å²) in [4.78, 5) is 19.2. The molecule has 0 bridgehead atoms. The van der Waals surface area contributed by atoms with Gasteiger partial charge >= 0.3 is 6.01 Å². The lowest BCUT2D eigenvalue weighted by Crippen LogP contribution is -2.48. The van der Waals surface area contributed by atoms with Crippen LogP contribution in [0.3, 0.4) is 0 Å². The maximum Gasteiger partial charge on any atom is 0.321 e. The van der Waals surface area contributed by atoms with E-state index in [4.69, 9.17) is 10.3 Å². The van der Waals surface area contributed by atoms with Crippen molar-refractivity contribution in [3.05, 3.63) is 59.9 Å². The van der Waals surface area contributed by atoms with Gasteiger partial charge in [0.1, 0.15) is 5.82 Å². The molecule has 0 unspecified atom stereocenters. The summed E-state index contributed by atoms with van der Waals surface area (Å²) < 4.78 is 42.3. The van der Waals surface area contributed by atoms with Crippen molar-refractivity contribution in [3.63, 3.8) is 0 Å². The number of amides is 1. The first-order valence-electron chi connectivity index (χ1n) is 11.4. The lowest BCUT2D eigenvalue weighted by molar-refractivity contribution is -0.133. The number of sulfone groups is 1. The fraction of sp³-hybridized carbons (Fsp3) is 0.375. The summed E-state index contributed by atoms with van der Waals surface area (Å²) >= 11 is 0. The van der Waals surface area contributed by atoms with Crippen LogP contribution in [-0.2, 0) is 21.1 Å². The van der Waals surface area contributed by atoms with Gasteiger partial charge in [0.2, 0.25) is 11.7 Å². The van der Waals surface area contributed by atoms with Crippen LogP contribution in [0.5, 0.6) is 0 Å². The predicted octanol–water partition coefficient (Wildman–Crippen LogP) is 3.06. The number of aromatic nitrogens is 2. The van der Waals surface area contributed by atoms with Crippen LogP contribution in [0.25, 0.3) is 11.4 Å². The lowest BCUT2D eigenvalue weighted by Gasteiger charge is -2.27. The SMILES string of the molecule is CS(=O)(=O)c1ccc(-c2noc(NC[C@@H]3CCCN3C(=O)[C@H](N)CCc3ccccc3F)n2)cc1.Cl. The molecule has 0 radical (unpaired) electrons. The Morgan fingerprint density at radius 2 is 1.97 bits per heavy atom. The maximum atomic E-state index is 13.9. The first-order valence-corrected chi connectivity index (χ1v) is 13.3. The highest BCUT2D eigenvalue weighted by Crippen LogP contribution is 2.22. The van der Waals surface area contributed by atoms with Gasteiger partial charge in [-0.25, -0.2) is 12.8 Å². The Bertz CT molecular complexity index is 1290. The van der Waals surface area contributed by atoms with E-state index in [9.17, 15) is 17.6 Å². The minimum Gasteiger partial charge on any atom is -0.337 e. The first-order chi connectivity index (χ1) is 16.7. The molecule has 4 rings (SSSR count).